The molecule has 2 aromatic heterocycles. The van der Waals surface area contributed by atoms with E-state index in [1.165, 1.54) is 14.0 Å². The number of rotatable bonds is 9. The van der Waals surface area contributed by atoms with Crippen molar-refractivity contribution >= 4 is 46.3 Å². The zero-order valence-electron chi connectivity index (χ0n) is 34.4. The highest BCUT2D eigenvalue weighted by Crippen LogP contribution is 2.20. The number of carbonyl (C=O) groups excluding carboxylic acids is 6. The number of carbonyl (C=O) groups is 6. The molecule has 60 heavy (non-hydrogen) atoms. The number of hydrogen-bond donors (Lipinski definition) is 6. The fourth-order valence-electron chi connectivity index (χ4n) is 6.89. The molecule has 0 bridgehead atoms. The molecule has 17 heteroatoms. The fourth-order valence-corrected chi connectivity index (χ4v) is 6.89. The molecule has 6 amide bonds. The summed E-state index contributed by atoms with van der Waals surface area (Å²) in [6.45, 7) is 7.56. The second-order valence-corrected chi connectivity index (χ2v) is 15.7. The normalized spacial score (nSPS) is 21.4. The van der Waals surface area contributed by atoms with Gasteiger partial charge in [-0.2, -0.15) is 0 Å². The van der Waals surface area contributed by atoms with Gasteiger partial charge in [0, 0.05) is 48.6 Å². The zero-order chi connectivity index (χ0) is 43.7. The first-order valence-corrected chi connectivity index (χ1v) is 19.8. The number of pyridine rings is 1. The minimum Gasteiger partial charge on any atom is -0.497 e. The maximum Gasteiger partial charge on any atom is 0.276 e. The van der Waals surface area contributed by atoms with Crippen LogP contribution in [0.25, 0.3) is 10.9 Å². The molecule has 1 fully saturated rings. The lowest BCUT2D eigenvalue weighted by Crippen LogP contribution is -2.60. The van der Waals surface area contributed by atoms with Crippen LogP contribution in [0.15, 0.2) is 67.0 Å². The van der Waals surface area contributed by atoms with Gasteiger partial charge in [0.15, 0.2) is 11.5 Å². The Morgan fingerprint density at radius 2 is 1.48 bits per heavy atom. The minimum absolute atomic E-state index is 0.0111. The number of amides is 6. The van der Waals surface area contributed by atoms with Crippen molar-refractivity contribution < 1.29 is 42.3 Å². The highest BCUT2D eigenvalue weighted by molar-refractivity contribution is 5.98. The lowest BCUT2D eigenvalue weighted by atomic mass is 9.99. The van der Waals surface area contributed by atoms with E-state index in [1.807, 2.05) is 38.1 Å². The molecule has 320 valence electrons. The Hall–Kier alpha value is -6.39. The first-order chi connectivity index (χ1) is 28.5. The Morgan fingerprint density at radius 3 is 2.15 bits per heavy atom. The lowest BCUT2D eigenvalue weighted by molar-refractivity contribution is -0.135. The summed E-state index contributed by atoms with van der Waals surface area (Å²) in [4.78, 5) is 91.9. The fraction of sp³-hybridized carbons (Fsp3) is 0.419. The van der Waals surface area contributed by atoms with Crippen LogP contribution in [0, 0.1) is 23.5 Å². The molecule has 2 aromatic carbocycles. The second kappa shape index (κ2) is 20.0. The zero-order valence-corrected chi connectivity index (χ0v) is 34.4. The van der Waals surface area contributed by atoms with Gasteiger partial charge in [-0.15, -0.1) is 0 Å². The van der Waals surface area contributed by atoms with Gasteiger partial charge < -0.3 is 41.2 Å². The van der Waals surface area contributed by atoms with Crippen molar-refractivity contribution in [2.75, 3.05) is 20.2 Å². The molecule has 0 aliphatic carbocycles. The number of benzene rings is 2. The molecule has 6 N–H and O–H groups in total. The standard InChI is InChI=1S/C43H52F2N8O7/c1-23(2)15-33-41(57)51-34(16-26-11-13-29(60-6)14-12-26)40(56)48-25(5)39(55)52-36(24(3)4)21-53(43(59)38-31(45)18-28(44)20-47-38)22-37(54)49-35(42(58)50-33)17-27-19-46-32-10-8-7-9-30(27)32/h7-14,18-20,23-25,33-36,46H,15-17,21-22H2,1-6H3,(H,48,56)(H,49,54)(H,50,58)(H,51,57)(H,52,55)/t25-,33+,34+,35-,36-/m1/s1. The number of aromatic nitrogens is 2. The van der Waals surface area contributed by atoms with Gasteiger partial charge in [0.1, 0.15) is 35.7 Å². The Labute approximate surface area is 346 Å². The first kappa shape index (κ1) is 44.7. The van der Waals surface area contributed by atoms with E-state index in [-0.39, 0.29) is 37.6 Å². The number of nitrogens with one attached hydrogen (secondary N) is 6. The predicted molar refractivity (Wildman–Crippen MR) is 218 cm³/mol. The topological polar surface area (TPSA) is 204 Å². The monoisotopic (exact) mass is 830 g/mol. The summed E-state index contributed by atoms with van der Waals surface area (Å²) >= 11 is 0. The number of ether oxygens (including phenoxy) is 1. The van der Waals surface area contributed by atoms with Gasteiger partial charge in [-0.1, -0.05) is 58.0 Å². The largest absolute Gasteiger partial charge is 0.497 e. The molecule has 5 rings (SSSR count). The third-order valence-corrected chi connectivity index (χ3v) is 10.3. The van der Waals surface area contributed by atoms with Crippen molar-refractivity contribution in [2.45, 2.75) is 84.1 Å². The maximum absolute atomic E-state index is 15.0. The molecule has 5 atom stereocenters. The smallest absolute Gasteiger partial charge is 0.276 e. The highest BCUT2D eigenvalue weighted by atomic mass is 19.1. The molecule has 1 aliphatic rings. The molecule has 0 spiro atoms. The summed E-state index contributed by atoms with van der Waals surface area (Å²) in [5.74, 6) is -6.85. The molecule has 4 aromatic rings. The van der Waals surface area contributed by atoms with Gasteiger partial charge in [-0.3, -0.25) is 28.8 Å². The Balaban J connectivity index is 1.56. The number of H-pyrrole nitrogens is 1. The van der Waals surface area contributed by atoms with Crippen LogP contribution in [0.1, 0.15) is 62.7 Å². The van der Waals surface area contributed by atoms with Crippen LogP contribution in [0.2, 0.25) is 0 Å². The summed E-state index contributed by atoms with van der Waals surface area (Å²) in [5, 5.41) is 14.6. The van der Waals surface area contributed by atoms with Crippen molar-refractivity contribution in [1.29, 1.82) is 0 Å². The molecule has 1 aliphatic heterocycles. The molecular weight excluding hydrogens is 779 g/mol. The van der Waals surface area contributed by atoms with Gasteiger partial charge >= 0.3 is 0 Å². The summed E-state index contributed by atoms with van der Waals surface area (Å²) in [5.41, 5.74) is 1.34. The molecule has 3 heterocycles. The van der Waals surface area contributed by atoms with Gasteiger partial charge in [-0.05, 0) is 54.5 Å². The van der Waals surface area contributed by atoms with E-state index in [1.54, 1.807) is 44.3 Å². The lowest BCUT2D eigenvalue weighted by Gasteiger charge is -2.32. The number of methoxy groups -OCH3 is 1. The van der Waals surface area contributed by atoms with Crippen LogP contribution in [0.3, 0.4) is 0 Å². The van der Waals surface area contributed by atoms with E-state index in [0.29, 0.717) is 29.1 Å². The average Bonchev–Trinajstić information content (AvgIpc) is 3.61. The molecule has 1 saturated heterocycles. The van der Waals surface area contributed by atoms with E-state index in [9.17, 15) is 33.2 Å². The van der Waals surface area contributed by atoms with E-state index in [2.05, 4.69) is 36.6 Å². The van der Waals surface area contributed by atoms with Crippen molar-refractivity contribution in [1.82, 2.24) is 41.5 Å². The van der Waals surface area contributed by atoms with E-state index < -0.39 is 89.5 Å². The number of aromatic amines is 1. The predicted octanol–water partition coefficient (Wildman–Crippen LogP) is 2.94. The molecule has 15 nitrogen and oxygen atoms in total. The van der Waals surface area contributed by atoms with Crippen molar-refractivity contribution in [3.05, 3.63) is 95.4 Å². The van der Waals surface area contributed by atoms with Crippen LogP contribution < -0.4 is 31.3 Å². The van der Waals surface area contributed by atoms with Crippen LogP contribution in [-0.4, -0.2) is 101 Å². The number of para-hydroxylation sites is 1. The van der Waals surface area contributed by atoms with Gasteiger partial charge in [0.25, 0.3) is 5.91 Å². The number of nitrogens with zero attached hydrogens (tertiary/aromatic N) is 2. The molecule has 0 unspecified atom stereocenters. The van der Waals surface area contributed by atoms with Crippen LogP contribution in [0.4, 0.5) is 8.78 Å². The Kier molecular flexibility index (Phi) is 14.9. The van der Waals surface area contributed by atoms with Crippen molar-refractivity contribution in [3.63, 3.8) is 0 Å². The van der Waals surface area contributed by atoms with Crippen molar-refractivity contribution in [3.8, 4) is 5.75 Å². The van der Waals surface area contributed by atoms with Crippen LogP contribution in [0.5, 0.6) is 5.75 Å². The summed E-state index contributed by atoms with van der Waals surface area (Å²) in [6.07, 6.45) is 2.47. The maximum atomic E-state index is 15.0. The minimum atomic E-state index is -1.31. The third-order valence-electron chi connectivity index (χ3n) is 10.3. The summed E-state index contributed by atoms with van der Waals surface area (Å²) in [7, 11) is 1.52. The SMILES string of the molecule is COc1ccc(C[C@@H]2NC(=O)[C@H](CC(C)C)NC(=O)[C@@H](Cc3c[nH]c4ccccc34)NC(=O)CN(C(=O)c3ncc(F)cc3F)C[C@H](C(C)C)NC(=O)[C@@H](C)NC2=O)cc1. The first-order valence-electron chi connectivity index (χ1n) is 19.8. The molecular formula is C43H52F2N8O7. The van der Waals surface area contributed by atoms with Gasteiger partial charge in [-0.25, -0.2) is 13.8 Å². The quantitative estimate of drug-likeness (QED) is 0.148. The highest BCUT2D eigenvalue weighted by Gasteiger charge is 2.34. The average molecular weight is 831 g/mol. The molecule has 0 radical (unpaired) electrons. The summed E-state index contributed by atoms with van der Waals surface area (Å²) in [6, 6.07) is 8.99. The molecule has 0 saturated carbocycles. The number of halogens is 2. The van der Waals surface area contributed by atoms with E-state index >= 15 is 4.39 Å². The van der Waals surface area contributed by atoms with E-state index in [4.69, 9.17) is 4.74 Å². The van der Waals surface area contributed by atoms with Crippen LogP contribution >= 0.6 is 0 Å². The van der Waals surface area contributed by atoms with Crippen molar-refractivity contribution in [2.24, 2.45) is 11.8 Å². The Morgan fingerprint density at radius 1 is 0.833 bits per heavy atom. The Bertz CT molecular complexity index is 2190. The van der Waals surface area contributed by atoms with E-state index in [0.717, 1.165) is 15.8 Å². The third kappa shape index (κ3) is 11.6. The number of hydrogen-bond acceptors (Lipinski definition) is 8. The second-order valence-electron chi connectivity index (χ2n) is 15.7. The van der Waals surface area contributed by atoms with Gasteiger partial charge in [0.05, 0.1) is 19.9 Å². The number of fused-ring (bicyclic) bond motifs is 1. The van der Waals surface area contributed by atoms with Crippen LogP contribution in [-0.2, 0) is 36.8 Å². The van der Waals surface area contributed by atoms with Gasteiger partial charge in [0.2, 0.25) is 29.5 Å². The summed E-state index contributed by atoms with van der Waals surface area (Å²) < 4.78 is 34.1.